The predicted molar refractivity (Wildman–Crippen MR) is 123 cm³/mol. The molecule has 1 rings (SSSR count). The number of aliphatic imine (C=N–C) groups is 1. The highest BCUT2D eigenvalue weighted by Gasteiger charge is 2.42. The van der Waals surface area contributed by atoms with E-state index in [-0.39, 0.29) is 35.6 Å². The summed E-state index contributed by atoms with van der Waals surface area (Å²) in [6.45, 7) is 8.46. The van der Waals surface area contributed by atoms with Gasteiger partial charge in [0.05, 0.1) is 22.5 Å². The molecule has 0 saturated heterocycles. The van der Waals surface area contributed by atoms with Crippen LogP contribution in [-0.4, -0.2) is 69.4 Å². The second kappa shape index (κ2) is 10.8. The van der Waals surface area contributed by atoms with Gasteiger partial charge in [0.25, 0.3) is 0 Å². The Morgan fingerprint density at radius 3 is 2.15 bits per heavy atom. The molecule has 1 aliphatic carbocycles. The Morgan fingerprint density at radius 1 is 1.15 bits per heavy atom. The van der Waals surface area contributed by atoms with Gasteiger partial charge in [-0.15, -0.1) is 24.0 Å². The van der Waals surface area contributed by atoms with Gasteiger partial charge in [0.1, 0.15) is 0 Å². The van der Waals surface area contributed by atoms with Crippen LogP contribution in [0.25, 0.3) is 0 Å². The standard InChI is InChI=1S/C18H36N4O3S.HI/c1-7-19-16(20-12-13-26(24,25)17(2,3)4)21-14-18(10-8-9-11-18)15(23)22(5)6;/h7-14H2,1-6H3,(H2,19,20,21);1H. The van der Waals surface area contributed by atoms with Crippen LogP contribution in [-0.2, 0) is 14.6 Å². The third-order valence-corrected chi connectivity index (χ3v) is 7.51. The zero-order chi connectivity index (χ0) is 20.0. The van der Waals surface area contributed by atoms with Gasteiger partial charge in [-0.25, -0.2) is 8.42 Å². The van der Waals surface area contributed by atoms with Gasteiger partial charge in [0.15, 0.2) is 15.8 Å². The quantitative estimate of drug-likeness (QED) is 0.307. The van der Waals surface area contributed by atoms with Gasteiger partial charge in [0, 0.05) is 27.2 Å². The van der Waals surface area contributed by atoms with Crippen molar-refractivity contribution in [2.45, 2.75) is 58.1 Å². The second-order valence-corrected chi connectivity index (χ2v) is 11.1. The number of carbonyl (C=O) groups is 1. The van der Waals surface area contributed by atoms with E-state index in [1.807, 2.05) is 6.92 Å². The summed E-state index contributed by atoms with van der Waals surface area (Å²) in [6, 6.07) is 0. The lowest BCUT2D eigenvalue weighted by atomic mass is 9.85. The van der Waals surface area contributed by atoms with Gasteiger partial charge >= 0.3 is 0 Å². The molecule has 2 N–H and O–H groups in total. The van der Waals surface area contributed by atoms with E-state index in [1.54, 1.807) is 39.8 Å². The molecule has 27 heavy (non-hydrogen) atoms. The molecule has 0 heterocycles. The summed E-state index contributed by atoms with van der Waals surface area (Å²) in [5.74, 6) is 0.738. The number of hydrogen-bond donors (Lipinski definition) is 2. The molecule has 0 aromatic carbocycles. The molecular weight excluding hydrogens is 479 g/mol. The molecule has 1 saturated carbocycles. The van der Waals surface area contributed by atoms with E-state index in [0.29, 0.717) is 25.6 Å². The Bertz CT molecular complexity index is 607. The van der Waals surface area contributed by atoms with Gasteiger partial charge in [-0.2, -0.15) is 0 Å². The number of sulfone groups is 1. The Hall–Kier alpha value is -0.580. The molecule has 0 unspecified atom stereocenters. The smallest absolute Gasteiger partial charge is 0.230 e. The highest BCUT2D eigenvalue weighted by atomic mass is 127. The molecule has 0 spiro atoms. The molecule has 0 aliphatic heterocycles. The van der Waals surface area contributed by atoms with E-state index in [1.165, 1.54) is 0 Å². The molecule has 1 amide bonds. The van der Waals surface area contributed by atoms with E-state index in [4.69, 9.17) is 0 Å². The number of guanidine groups is 1. The van der Waals surface area contributed by atoms with Gasteiger partial charge < -0.3 is 15.5 Å². The summed E-state index contributed by atoms with van der Waals surface area (Å²) in [4.78, 5) is 18.9. The van der Waals surface area contributed by atoms with Crippen molar-refractivity contribution in [3.05, 3.63) is 0 Å². The summed E-state index contributed by atoms with van der Waals surface area (Å²) in [5, 5.41) is 6.23. The molecule has 9 heteroatoms. The lowest BCUT2D eigenvalue weighted by molar-refractivity contribution is -0.138. The van der Waals surface area contributed by atoms with E-state index < -0.39 is 20.0 Å². The monoisotopic (exact) mass is 516 g/mol. The number of nitrogens with zero attached hydrogens (tertiary/aromatic N) is 2. The number of amides is 1. The van der Waals surface area contributed by atoms with Crippen LogP contribution < -0.4 is 10.6 Å². The minimum atomic E-state index is -3.18. The van der Waals surface area contributed by atoms with Gasteiger partial charge in [-0.3, -0.25) is 9.79 Å². The Morgan fingerprint density at radius 2 is 1.70 bits per heavy atom. The molecule has 0 aromatic heterocycles. The second-order valence-electron chi connectivity index (χ2n) is 8.24. The summed E-state index contributed by atoms with van der Waals surface area (Å²) in [5.41, 5.74) is -0.427. The van der Waals surface area contributed by atoms with Gasteiger partial charge in [-0.1, -0.05) is 12.8 Å². The highest BCUT2D eigenvalue weighted by Crippen LogP contribution is 2.39. The number of rotatable bonds is 7. The van der Waals surface area contributed by atoms with E-state index in [2.05, 4.69) is 15.6 Å². The third kappa shape index (κ3) is 7.40. The first-order valence-corrected chi connectivity index (χ1v) is 11.1. The minimum Gasteiger partial charge on any atom is -0.357 e. The number of nitrogens with one attached hydrogen (secondary N) is 2. The van der Waals surface area contributed by atoms with Crippen molar-refractivity contribution in [3.8, 4) is 0 Å². The fourth-order valence-corrected chi connectivity index (χ4v) is 4.13. The van der Waals surface area contributed by atoms with Crippen molar-refractivity contribution < 1.29 is 13.2 Å². The van der Waals surface area contributed by atoms with Crippen molar-refractivity contribution in [3.63, 3.8) is 0 Å². The van der Waals surface area contributed by atoms with E-state index >= 15 is 0 Å². The summed E-state index contributed by atoms with van der Waals surface area (Å²) >= 11 is 0. The molecule has 0 atom stereocenters. The van der Waals surface area contributed by atoms with Crippen molar-refractivity contribution in [1.82, 2.24) is 15.5 Å². The lowest BCUT2D eigenvalue weighted by Gasteiger charge is -2.29. The van der Waals surface area contributed by atoms with Crippen LogP contribution in [0.2, 0.25) is 0 Å². The molecule has 7 nitrogen and oxygen atoms in total. The first kappa shape index (κ1) is 26.4. The normalized spacial score (nSPS) is 17.2. The summed E-state index contributed by atoms with van der Waals surface area (Å²) < 4.78 is 23.7. The van der Waals surface area contributed by atoms with Crippen LogP contribution in [0.5, 0.6) is 0 Å². The maximum absolute atomic E-state index is 12.6. The van der Waals surface area contributed by atoms with Crippen LogP contribution in [0, 0.1) is 5.41 Å². The lowest BCUT2D eigenvalue weighted by Crippen LogP contribution is -2.44. The van der Waals surface area contributed by atoms with Crippen molar-refractivity contribution >= 4 is 45.7 Å². The molecule has 0 bridgehead atoms. The van der Waals surface area contributed by atoms with Crippen LogP contribution in [0.1, 0.15) is 53.4 Å². The van der Waals surface area contributed by atoms with Crippen LogP contribution in [0.4, 0.5) is 0 Å². The number of hydrogen-bond acceptors (Lipinski definition) is 4. The Balaban J connectivity index is 0.00000676. The molecular formula is C18H37IN4O3S. The van der Waals surface area contributed by atoms with Crippen molar-refractivity contribution in [2.24, 2.45) is 10.4 Å². The fraction of sp³-hybridized carbons (Fsp3) is 0.889. The van der Waals surface area contributed by atoms with Crippen LogP contribution >= 0.6 is 24.0 Å². The largest absolute Gasteiger partial charge is 0.357 e. The SMILES string of the molecule is CCNC(=NCC1(C(=O)N(C)C)CCCC1)NCCS(=O)(=O)C(C)(C)C.I. The summed E-state index contributed by atoms with van der Waals surface area (Å²) in [6.07, 6.45) is 3.79. The third-order valence-electron chi connectivity index (χ3n) is 4.90. The Labute approximate surface area is 182 Å². The number of halogens is 1. The zero-order valence-corrected chi connectivity index (χ0v) is 20.7. The Kier molecular flexibility index (Phi) is 10.6. The molecule has 1 aliphatic rings. The molecule has 0 aromatic rings. The van der Waals surface area contributed by atoms with Crippen molar-refractivity contribution in [2.75, 3.05) is 39.5 Å². The van der Waals surface area contributed by atoms with Gasteiger partial charge in [0.2, 0.25) is 5.91 Å². The topological polar surface area (TPSA) is 90.9 Å². The zero-order valence-electron chi connectivity index (χ0n) is 17.6. The van der Waals surface area contributed by atoms with E-state index in [9.17, 15) is 13.2 Å². The van der Waals surface area contributed by atoms with Crippen LogP contribution in [0.3, 0.4) is 0 Å². The highest BCUT2D eigenvalue weighted by molar-refractivity contribution is 14.0. The van der Waals surface area contributed by atoms with E-state index in [0.717, 1.165) is 25.7 Å². The minimum absolute atomic E-state index is 0. The predicted octanol–water partition coefficient (Wildman–Crippen LogP) is 2.02. The maximum Gasteiger partial charge on any atom is 0.230 e. The summed E-state index contributed by atoms with van der Waals surface area (Å²) in [7, 11) is 0.388. The molecule has 160 valence electrons. The molecule has 0 radical (unpaired) electrons. The maximum atomic E-state index is 12.6. The van der Waals surface area contributed by atoms with Crippen molar-refractivity contribution in [1.29, 1.82) is 0 Å². The molecule has 1 fully saturated rings. The first-order valence-electron chi connectivity index (χ1n) is 9.41. The van der Waals surface area contributed by atoms with Crippen LogP contribution in [0.15, 0.2) is 4.99 Å². The first-order chi connectivity index (χ1) is 12.0. The average Bonchev–Trinajstić information content (AvgIpc) is 3.00. The number of carbonyl (C=O) groups excluding carboxylic acids is 1. The average molecular weight is 516 g/mol. The fourth-order valence-electron chi connectivity index (χ4n) is 3.15. The van der Waals surface area contributed by atoms with Gasteiger partial charge in [-0.05, 0) is 40.5 Å².